The highest BCUT2D eigenvalue weighted by molar-refractivity contribution is 9.10. The minimum atomic E-state index is -0.319. The summed E-state index contributed by atoms with van der Waals surface area (Å²) in [5, 5.41) is 4.14. The van der Waals surface area contributed by atoms with E-state index in [9.17, 15) is 4.79 Å². The second-order valence-electron chi connectivity index (χ2n) is 5.54. The van der Waals surface area contributed by atoms with Crippen molar-refractivity contribution < 1.29 is 9.53 Å². The van der Waals surface area contributed by atoms with E-state index in [1.54, 1.807) is 0 Å². The molecule has 24 heavy (non-hydrogen) atoms. The van der Waals surface area contributed by atoms with Gasteiger partial charge in [0.1, 0.15) is 21.9 Å². The standard InChI is InChI=1S/C17H16BrN3O2S/c1-9(2)23-17(22)14-10(3)13-15(19-8-20-16(13)24-14)21-12-6-4-11(18)5-7-12/h4-9H,1-3H3,(H,19,20,21). The van der Waals surface area contributed by atoms with Crippen molar-refractivity contribution in [3.8, 4) is 0 Å². The molecule has 7 heteroatoms. The number of rotatable bonds is 4. The van der Waals surface area contributed by atoms with Crippen LogP contribution in [0.2, 0.25) is 0 Å². The van der Waals surface area contributed by atoms with Gasteiger partial charge in [0.15, 0.2) is 0 Å². The summed E-state index contributed by atoms with van der Waals surface area (Å²) in [6.07, 6.45) is 1.34. The van der Waals surface area contributed by atoms with Crippen molar-refractivity contribution in [2.45, 2.75) is 26.9 Å². The number of anilines is 2. The fourth-order valence-electron chi connectivity index (χ4n) is 2.30. The number of nitrogens with zero attached hydrogens (tertiary/aromatic N) is 2. The first-order valence-corrected chi connectivity index (χ1v) is 9.04. The lowest BCUT2D eigenvalue weighted by atomic mass is 10.2. The summed E-state index contributed by atoms with van der Waals surface area (Å²) in [7, 11) is 0. The number of ether oxygens (including phenoxy) is 1. The summed E-state index contributed by atoms with van der Waals surface area (Å²) in [5.41, 5.74) is 1.75. The Morgan fingerprint density at radius 2 is 1.96 bits per heavy atom. The summed E-state index contributed by atoms with van der Waals surface area (Å²) in [4.78, 5) is 22.2. The first-order valence-electron chi connectivity index (χ1n) is 7.43. The number of esters is 1. The molecule has 0 atom stereocenters. The van der Waals surface area contributed by atoms with Gasteiger partial charge in [-0.3, -0.25) is 0 Å². The number of halogens is 1. The zero-order valence-corrected chi connectivity index (χ0v) is 15.9. The predicted molar refractivity (Wildman–Crippen MR) is 100 cm³/mol. The molecule has 0 unspecified atom stereocenters. The zero-order valence-electron chi connectivity index (χ0n) is 13.5. The number of aromatic nitrogens is 2. The molecule has 3 aromatic rings. The Balaban J connectivity index is 2.01. The van der Waals surface area contributed by atoms with Gasteiger partial charge in [-0.05, 0) is 50.6 Å². The SMILES string of the molecule is Cc1c(C(=O)OC(C)C)sc2ncnc(Nc3ccc(Br)cc3)c12. The Bertz CT molecular complexity index is 891. The molecule has 0 bridgehead atoms. The minimum Gasteiger partial charge on any atom is -0.459 e. The number of carbonyl (C=O) groups excluding carboxylic acids is 1. The van der Waals surface area contributed by atoms with Gasteiger partial charge in [0.25, 0.3) is 0 Å². The Labute approximate surface area is 152 Å². The van der Waals surface area contributed by atoms with Crippen LogP contribution in [0.4, 0.5) is 11.5 Å². The molecule has 0 radical (unpaired) electrons. The molecule has 0 amide bonds. The lowest BCUT2D eigenvalue weighted by Gasteiger charge is -2.08. The maximum Gasteiger partial charge on any atom is 0.348 e. The van der Waals surface area contributed by atoms with E-state index in [0.29, 0.717) is 10.7 Å². The number of aryl methyl sites for hydroxylation is 1. The molecule has 1 N–H and O–H groups in total. The highest BCUT2D eigenvalue weighted by Gasteiger charge is 2.21. The van der Waals surface area contributed by atoms with Gasteiger partial charge in [0, 0.05) is 10.2 Å². The van der Waals surface area contributed by atoms with Gasteiger partial charge >= 0.3 is 5.97 Å². The lowest BCUT2D eigenvalue weighted by molar-refractivity contribution is 0.0383. The zero-order chi connectivity index (χ0) is 17.3. The summed E-state index contributed by atoms with van der Waals surface area (Å²) in [6, 6.07) is 7.81. The third kappa shape index (κ3) is 3.42. The van der Waals surface area contributed by atoms with Gasteiger partial charge < -0.3 is 10.1 Å². The predicted octanol–water partition coefficient (Wildman–Crippen LogP) is 5.07. The molecular weight excluding hydrogens is 390 g/mol. The molecular formula is C17H16BrN3O2S. The van der Waals surface area contributed by atoms with Crippen molar-refractivity contribution in [2.75, 3.05) is 5.32 Å². The van der Waals surface area contributed by atoms with Gasteiger partial charge in [-0.1, -0.05) is 15.9 Å². The molecule has 124 valence electrons. The Kier molecular flexibility index (Phi) is 4.82. The summed E-state index contributed by atoms with van der Waals surface area (Å²) >= 11 is 4.75. The van der Waals surface area contributed by atoms with Gasteiger partial charge in [0.2, 0.25) is 0 Å². The first kappa shape index (κ1) is 16.9. The van der Waals surface area contributed by atoms with Crippen LogP contribution < -0.4 is 5.32 Å². The molecule has 5 nitrogen and oxygen atoms in total. The molecule has 0 aliphatic rings. The van der Waals surface area contributed by atoms with E-state index in [1.165, 1.54) is 17.7 Å². The quantitative estimate of drug-likeness (QED) is 0.613. The molecule has 2 heterocycles. The molecule has 0 fully saturated rings. The monoisotopic (exact) mass is 405 g/mol. The normalized spacial score (nSPS) is 11.0. The van der Waals surface area contributed by atoms with E-state index < -0.39 is 0 Å². The Morgan fingerprint density at radius 1 is 1.25 bits per heavy atom. The van der Waals surface area contributed by atoms with Crippen molar-refractivity contribution in [1.29, 1.82) is 0 Å². The summed E-state index contributed by atoms with van der Waals surface area (Å²) in [6.45, 7) is 5.56. The van der Waals surface area contributed by atoms with Crippen molar-refractivity contribution in [3.63, 3.8) is 0 Å². The van der Waals surface area contributed by atoms with Crippen LogP contribution in [0.15, 0.2) is 35.1 Å². The lowest BCUT2D eigenvalue weighted by Crippen LogP contribution is -2.11. The molecule has 0 aliphatic carbocycles. The second kappa shape index (κ2) is 6.86. The van der Waals surface area contributed by atoms with E-state index in [2.05, 4.69) is 31.2 Å². The number of nitrogens with one attached hydrogen (secondary N) is 1. The topological polar surface area (TPSA) is 64.1 Å². The third-order valence-electron chi connectivity index (χ3n) is 3.36. The number of benzene rings is 1. The van der Waals surface area contributed by atoms with Crippen molar-refractivity contribution in [2.24, 2.45) is 0 Å². The van der Waals surface area contributed by atoms with E-state index in [4.69, 9.17) is 4.74 Å². The van der Waals surface area contributed by atoms with Crippen LogP contribution >= 0.6 is 27.3 Å². The smallest absolute Gasteiger partial charge is 0.348 e. The van der Waals surface area contributed by atoms with Crippen molar-refractivity contribution in [1.82, 2.24) is 9.97 Å². The van der Waals surface area contributed by atoms with Crippen LogP contribution in [0.3, 0.4) is 0 Å². The minimum absolute atomic E-state index is 0.159. The average Bonchev–Trinajstić information content (AvgIpc) is 2.87. The van der Waals surface area contributed by atoms with Crippen LogP contribution in [0.25, 0.3) is 10.2 Å². The van der Waals surface area contributed by atoms with Crippen LogP contribution in [0.1, 0.15) is 29.1 Å². The Hall–Kier alpha value is -1.99. The third-order valence-corrected chi connectivity index (χ3v) is 5.07. The van der Waals surface area contributed by atoms with E-state index in [1.807, 2.05) is 45.0 Å². The van der Waals surface area contributed by atoms with Gasteiger partial charge in [-0.2, -0.15) is 0 Å². The number of carbonyl (C=O) groups is 1. The highest BCUT2D eigenvalue weighted by Crippen LogP contribution is 2.35. The molecule has 2 aromatic heterocycles. The average molecular weight is 406 g/mol. The fourth-order valence-corrected chi connectivity index (χ4v) is 3.59. The Morgan fingerprint density at radius 3 is 2.62 bits per heavy atom. The second-order valence-corrected chi connectivity index (χ2v) is 7.46. The highest BCUT2D eigenvalue weighted by atomic mass is 79.9. The van der Waals surface area contributed by atoms with Crippen LogP contribution in [0, 0.1) is 6.92 Å². The molecule has 0 aliphatic heterocycles. The van der Waals surface area contributed by atoms with Crippen molar-refractivity contribution >= 4 is 55.0 Å². The largest absolute Gasteiger partial charge is 0.459 e. The first-order chi connectivity index (χ1) is 11.5. The van der Waals surface area contributed by atoms with Gasteiger partial charge in [-0.25, -0.2) is 14.8 Å². The number of hydrogen-bond acceptors (Lipinski definition) is 6. The maximum atomic E-state index is 12.3. The van der Waals surface area contributed by atoms with Gasteiger partial charge in [0.05, 0.1) is 11.5 Å². The van der Waals surface area contributed by atoms with E-state index in [-0.39, 0.29) is 12.1 Å². The summed E-state index contributed by atoms with van der Waals surface area (Å²) in [5.74, 6) is 0.361. The fraction of sp³-hybridized carbons (Fsp3) is 0.235. The molecule has 3 rings (SSSR count). The number of hydrogen-bond donors (Lipinski definition) is 1. The van der Waals surface area contributed by atoms with Crippen LogP contribution in [0.5, 0.6) is 0 Å². The number of thiophene rings is 1. The number of fused-ring (bicyclic) bond motifs is 1. The molecule has 0 saturated heterocycles. The molecule has 1 aromatic carbocycles. The van der Waals surface area contributed by atoms with Crippen LogP contribution in [-0.4, -0.2) is 22.0 Å². The van der Waals surface area contributed by atoms with Crippen molar-refractivity contribution in [3.05, 3.63) is 45.5 Å². The van der Waals surface area contributed by atoms with E-state index >= 15 is 0 Å². The van der Waals surface area contributed by atoms with E-state index in [0.717, 1.165) is 25.9 Å². The van der Waals surface area contributed by atoms with Gasteiger partial charge in [-0.15, -0.1) is 11.3 Å². The summed E-state index contributed by atoms with van der Waals surface area (Å²) < 4.78 is 6.32. The van der Waals surface area contributed by atoms with Crippen LogP contribution in [-0.2, 0) is 4.74 Å². The molecule has 0 saturated carbocycles. The maximum absolute atomic E-state index is 12.3. The molecule has 0 spiro atoms.